The van der Waals surface area contributed by atoms with Gasteiger partial charge in [-0.1, -0.05) is 56.0 Å². The lowest BCUT2D eigenvalue weighted by molar-refractivity contribution is -0.117. The van der Waals surface area contributed by atoms with Crippen molar-refractivity contribution in [1.82, 2.24) is 4.90 Å². The number of benzene rings is 2. The minimum atomic E-state index is 0.256. The molecule has 0 atom stereocenters. The average molecular weight is 492 g/mol. The van der Waals surface area contributed by atoms with Crippen molar-refractivity contribution in [2.45, 2.75) is 71.6 Å². The number of carbonyl (C=O) groups excluding carboxylic acids is 1. The van der Waals surface area contributed by atoms with Gasteiger partial charge >= 0.3 is 0 Å². The number of unbranched alkanes of at least 4 members (excludes halogenated alkanes) is 1. The normalized spacial score (nSPS) is 14.7. The number of hydrogen-bond acceptors (Lipinski definition) is 4. The number of ketones is 1. The maximum Gasteiger partial charge on any atom is 0.130 e. The summed E-state index contributed by atoms with van der Waals surface area (Å²) in [4.78, 5) is 14.2. The second-order valence-electron chi connectivity index (χ2n) is 10.3. The smallest absolute Gasteiger partial charge is 0.130 e. The topological polar surface area (TPSA) is 38.8 Å². The van der Waals surface area contributed by atoms with E-state index in [-0.39, 0.29) is 5.78 Å². The molecule has 196 valence electrons. The quantitative estimate of drug-likeness (QED) is 0.241. The Morgan fingerprint density at radius 2 is 1.36 bits per heavy atom. The lowest BCUT2D eigenvalue weighted by Crippen LogP contribution is -2.15. The van der Waals surface area contributed by atoms with Crippen LogP contribution in [0.3, 0.4) is 0 Å². The Labute approximate surface area is 218 Å². The summed E-state index contributed by atoms with van der Waals surface area (Å²) < 4.78 is 11.9. The van der Waals surface area contributed by atoms with E-state index in [0.717, 1.165) is 50.3 Å². The van der Waals surface area contributed by atoms with Crippen molar-refractivity contribution in [1.29, 1.82) is 0 Å². The molecule has 4 nitrogen and oxygen atoms in total. The highest BCUT2D eigenvalue weighted by Crippen LogP contribution is 2.41. The molecule has 0 amide bonds. The van der Waals surface area contributed by atoms with E-state index in [2.05, 4.69) is 74.4 Å². The third kappa shape index (κ3) is 8.81. The maximum atomic E-state index is 12.0. The average Bonchev–Trinajstić information content (AvgIpc) is 3.40. The van der Waals surface area contributed by atoms with Crippen molar-refractivity contribution in [2.75, 3.05) is 33.9 Å². The van der Waals surface area contributed by atoms with Gasteiger partial charge < -0.3 is 19.2 Å². The van der Waals surface area contributed by atoms with Crippen molar-refractivity contribution in [2.24, 2.45) is 5.92 Å². The van der Waals surface area contributed by atoms with Gasteiger partial charge in [-0.15, -0.1) is 0 Å². The number of rotatable bonds is 15. The molecular formula is C32H45NO3. The van der Waals surface area contributed by atoms with Gasteiger partial charge in [0.25, 0.3) is 0 Å². The Kier molecular flexibility index (Phi) is 11.5. The SMILES string of the molecule is CCCCOc1ccc(/C(=C(/CCC(C)=O)C2CCCC2)c2ccc(OCCCN(C)C)cc2)cc1. The first-order valence-electron chi connectivity index (χ1n) is 13.8. The van der Waals surface area contributed by atoms with Gasteiger partial charge in [-0.3, -0.25) is 0 Å². The van der Waals surface area contributed by atoms with Crippen LogP contribution in [-0.2, 0) is 4.79 Å². The fourth-order valence-corrected chi connectivity index (χ4v) is 5.00. The van der Waals surface area contributed by atoms with E-state index >= 15 is 0 Å². The highest BCUT2D eigenvalue weighted by atomic mass is 16.5. The molecule has 0 unspecified atom stereocenters. The fourth-order valence-electron chi connectivity index (χ4n) is 5.00. The first-order chi connectivity index (χ1) is 17.5. The molecular weight excluding hydrogens is 446 g/mol. The van der Waals surface area contributed by atoms with E-state index in [4.69, 9.17) is 9.47 Å². The molecule has 36 heavy (non-hydrogen) atoms. The zero-order chi connectivity index (χ0) is 25.8. The van der Waals surface area contributed by atoms with Gasteiger partial charge in [-0.05, 0) is 100 Å². The second-order valence-corrected chi connectivity index (χ2v) is 10.3. The van der Waals surface area contributed by atoms with E-state index in [0.29, 0.717) is 18.9 Å². The third-order valence-electron chi connectivity index (χ3n) is 6.99. The van der Waals surface area contributed by atoms with E-state index in [1.54, 1.807) is 6.92 Å². The van der Waals surface area contributed by atoms with E-state index in [1.165, 1.54) is 48.0 Å². The van der Waals surface area contributed by atoms with Crippen molar-refractivity contribution >= 4 is 11.4 Å². The van der Waals surface area contributed by atoms with Gasteiger partial charge in [-0.2, -0.15) is 0 Å². The van der Waals surface area contributed by atoms with Gasteiger partial charge in [0.05, 0.1) is 13.2 Å². The second kappa shape index (κ2) is 14.8. The summed E-state index contributed by atoms with van der Waals surface area (Å²) in [7, 11) is 4.17. The predicted octanol–water partition coefficient (Wildman–Crippen LogP) is 7.56. The first-order valence-corrected chi connectivity index (χ1v) is 13.8. The molecule has 0 spiro atoms. The minimum Gasteiger partial charge on any atom is -0.494 e. The fraction of sp³-hybridized carbons (Fsp3) is 0.531. The Hall–Kier alpha value is -2.59. The largest absolute Gasteiger partial charge is 0.494 e. The maximum absolute atomic E-state index is 12.0. The highest BCUT2D eigenvalue weighted by Gasteiger charge is 2.24. The number of nitrogens with zero attached hydrogens (tertiary/aromatic N) is 1. The molecule has 3 rings (SSSR count). The lowest BCUT2D eigenvalue weighted by Gasteiger charge is -2.22. The standard InChI is InChI=1S/C32H45NO3/c1-5-6-23-35-29-17-13-27(14-18-29)32(31(21-12-25(2)34)26-10-7-8-11-26)28-15-19-30(20-16-28)36-24-9-22-33(3)4/h13-20,26H,5-12,21-24H2,1-4H3/b32-31+. The molecule has 1 aliphatic rings. The Balaban J connectivity index is 1.92. The molecule has 0 aromatic heterocycles. The molecule has 0 aliphatic heterocycles. The van der Waals surface area contributed by atoms with Crippen molar-refractivity contribution in [3.63, 3.8) is 0 Å². The van der Waals surface area contributed by atoms with Crippen LogP contribution >= 0.6 is 0 Å². The van der Waals surface area contributed by atoms with E-state index in [1.807, 2.05) is 0 Å². The highest BCUT2D eigenvalue weighted by molar-refractivity contribution is 5.84. The van der Waals surface area contributed by atoms with Gasteiger partial charge in [0.1, 0.15) is 17.3 Å². The summed E-state index contributed by atoms with van der Waals surface area (Å²) in [5, 5.41) is 0. The van der Waals surface area contributed by atoms with Crippen LogP contribution < -0.4 is 9.47 Å². The Bertz CT molecular complexity index is 954. The van der Waals surface area contributed by atoms with Gasteiger partial charge in [0, 0.05) is 13.0 Å². The number of Topliss-reactive ketones (excluding diaryl/α,β-unsaturated/α-hetero) is 1. The van der Waals surface area contributed by atoms with Crippen LogP contribution in [0.2, 0.25) is 0 Å². The summed E-state index contributed by atoms with van der Waals surface area (Å²) in [6.45, 7) is 6.36. The van der Waals surface area contributed by atoms with Crippen LogP contribution in [0.15, 0.2) is 54.1 Å². The molecule has 1 fully saturated rings. The Morgan fingerprint density at radius 3 is 1.83 bits per heavy atom. The summed E-state index contributed by atoms with van der Waals surface area (Å²) in [5.41, 5.74) is 5.10. The number of allylic oxidation sites excluding steroid dienone is 1. The van der Waals surface area contributed by atoms with E-state index in [9.17, 15) is 4.79 Å². The monoisotopic (exact) mass is 491 g/mol. The van der Waals surface area contributed by atoms with E-state index < -0.39 is 0 Å². The predicted molar refractivity (Wildman–Crippen MR) is 150 cm³/mol. The van der Waals surface area contributed by atoms with Crippen molar-refractivity contribution in [3.8, 4) is 11.5 Å². The van der Waals surface area contributed by atoms with Crippen molar-refractivity contribution < 1.29 is 14.3 Å². The van der Waals surface area contributed by atoms with Gasteiger partial charge in [0.15, 0.2) is 0 Å². The third-order valence-corrected chi connectivity index (χ3v) is 6.99. The number of hydrogen-bond donors (Lipinski definition) is 0. The van der Waals surface area contributed by atoms with Crippen LogP contribution in [0, 0.1) is 5.92 Å². The molecule has 2 aromatic rings. The summed E-state index contributed by atoms with van der Waals surface area (Å²) >= 11 is 0. The van der Waals surface area contributed by atoms with Gasteiger partial charge in [-0.25, -0.2) is 0 Å². The number of ether oxygens (including phenoxy) is 2. The van der Waals surface area contributed by atoms with Crippen LogP contribution in [0.1, 0.15) is 82.8 Å². The first kappa shape index (κ1) is 28.0. The van der Waals surface area contributed by atoms with Crippen LogP contribution in [-0.4, -0.2) is 44.5 Å². The summed E-state index contributed by atoms with van der Waals surface area (Å²) in [6, 6.07) is 17.1. The van der Waals surface area contributed by atoms with Crippen LogP contribution in [0.4, 0.5) is 0 Å². The van der Waals surface area contributed by atoms with Gasteiger partial charge in [0.2, 0.25) is 0 Å². The zero-order valence-electron chi connectivity index (χ0n) is 22.9. The molecule has 0 bridgehead atoms. The molecule has 0 radical (unpaired) electrons. The molecule has 0 heterocycles. The Morgan fingerprint density at radius 1 is 0.833 bits per heavy atom. The molecule has 0 saturated heterocycles. The molecule has 0 N–H and O–H groups in total. The van der Waals surface area contributed by atoms with Crippen LogP contribution in [0.5, 0.6) is 11.5 Å². The lowest BCUT2D eigenvalue weighted by atomic mass is 9.83. The molecule has 4 heteroatoms. The number of carbonyl (C=O) groups is 1. The summed E-state index contributed by atoms with van der Waals surface area (Å²) in [5.74, 6) is 2.62. The summed E-state index contributed by atoms with van der Waals surface area (Å²) in [6.07, 6.45) is 9.58. The van der Waals surface area contributed by atoms with Crippen molar-refractivity contribution in [3.05, 3.63) is 65.2 Å². The molecule has 1 aliphatic carbocycles. The molecule has 1 saturated carbocycles. The zero-order valence-corrected chi connectivity index (χ0v) is 22.9. The molecule has 2 aromatic carbocycles. The minimum absolute atomic E-state index is 0.256. The van der Waals surface area contributed by atoms with Crippen LogP contribution in [0.25, 0.3) is 5.57 Å².